The zero-order valence-corrected chi connectivity index (χ0v) is 17.1. The van der Waals surface area contributed by atoms with Gasteiger partial charge in [-0.15, -0.1) is 0 Å². The average Bonchev–Trinajstić information content (AvgIpc) is 2.75. The highest BCUT2D eigenvalue weighted by atomic mass is 32.2. The van der Waals surface area contributed by atoms with E-state index < -0.39 is 20.9 Å². The molecule has 3 rings (SSSR count). The number of nitrogens with one attached hydrogen (secondary N) is 1. The van der Waals surface area contributed by atoms with E-state index in [-0.39, 0.29) is 29.6 Å². The van der Waals surface area contributed by atoms with Gasteiger partial charge in [0.1, 0.15) is 0 Å². The maximum atomic E-state index is 12.8. The maximum Gasteiger partial charge on any atom is 0.271 e. The lowest BCUT2D eigenvalue weighted by Crippen LogP contribution is -2.41. The zero-order valence-electron chi connectivity index (χ0n) is 16.2. The molecule has 9 nitrogen and oxygen atoms in total. The molecule has 30 heavy (non-hydrogen) atoms. The summed E-state index contributed by atoms with van der Waals surface area (Å²) in [5.74, 6) is -0.676. The first-order valence-electron chi connectivity index (χ1n) is 9.28. The lowest BCUT2D eigenvalue weighted by Gasteiger charge is -2.30. The largest absolute Gasteiger partial charge is 0.325 e. The average molecular weight is 428 g/mol. The number of anilines is 1. The summed E-state index contributed by atoms with van der Waals surface area (Å²) in [5.41, 5.74) is 1.34. The molecule has 10 heteroatoms. The first kappa shape index (κ1) is 21.4. The molecule has 0 aliphatic carbocycles. The van der Waals surface area contributed by atoms with Crippen LogP contribution in [0.2, 0.25) is 0 Å². The monoisotopic (exact) mass is 428 g/mol. The number of hydrogen-bond donors (Lipinski definition) is 1. The summed E-state index contributed by atoms with van der Waals surface area (Å²) in [6, 6.07) is 11.9. The van der Waals surface area contributed by atoms with E-state index in [0.717, 1.165) is 0 Å². The summed E-state index contributed by atoms with van der Waals surface area (Å²) in [5, 5.41) is 22.5. The fourth-order valence-electron chi connectivity index (χ4n) is 3.30. The Balaban J connectivity index is 1.65. The molecule has 0 bridgehead atoms. The zero-order chi connectivity index (χ0) is 21.9. The van der Waals surface area contributed by atoms with Crippen molar-refractivity contribution in [2.75, 3.05) is 18.4 Å². The fourth-order valence-corrected chi connectivity index (χ4v) is 4.77. The number of hydrogen-bond acceptors (Lipinski definition) is 6. The van der Waals surface area contributed by atoms with Gasteiger partial charge in [0, 0.05) is 31.1 Å². The van der Waals surface area contributed by atoms with E-state index in [4.69, 9.17) is 5.26 Å². The molecule has 1 N–H and O–H groups in total. The number of piperidine rings is 1. The Morgan fingerprint density at radius 1 is 1.20 bits per heavy atom. The summed E-state index contributed by atoms with van der Waals surface area (Å²) in [7, 11) is -3.70. The molecule has 2 aromatic carbocycles. The third-order valence-electron chi connectivity index (χ3n) is 5.14. The van der Waals surface area contributed by atoms with E-state index in [0.29, 0.717) is 29.7 Å². The highest BCUT2D eigenvalue weighted by molar-refractivity contribution is 7.89. The van der Waals surface area contributed by atoms with Gasteiger partial charge < -0.3 is 5.32 Å². The minimum absolute atomic E-state index is 0.108. The van der Waals surface area contributed by atoms with Crippen molar-refractivity contribution < 1.29 is 18.1 Å². The number of aryl methyl sites for hydroxylation is 1. The van der Waals surface area contributed by atoms with Crippen LogP contribution in [0.1, 0.15) is 24.0 Å². The summed E-state index contributed by atoms with van der Waals surface area (Å²) in [6.07, 6.45) is 0.685. The summed E-state index contributed by atoms with van der Waals surface area (Å²) >= 11 is 0. The molecule has 156 valence electrons. The number of nitro benzene ring substituents is 1. The lowest BCUT2D eigenvalue weighted by atomic mass is 9.97. The van der Waals surface area contributed by atoms with Gasteiger partial charge in [-0.1, -0.05) is 6.07 Å². The molecule has 1 heterocycles. The molecule has 0 atom stereocenters. The van der Waals surface area contributed by atoms with E-state index in [2.05, 4.69) is 5.32 Å². The second-order valence-electron chi connectivity index (χ2n) is 7.06. The van der Waals surface area contributed by atoms with E-state index in [9.17, 15) is 23.3 Å². The first-order valence-corrected chi connectivity index (χ1v) is 10.7. The van der Waals surface area contributed by atoms with Crippen molar-refractivity contribution in [3.63, 3.8) is 0 Å². The van der Waals surface area contributed by atoms with Gasteiger partial charge in [-0.3, -0.25) is 14.9 Å². The van der Waals surface area contributed by atoms with Crippen molar-refractivity contribution in [1.82, 2.24) is 4.31 Å². The molecule has 2 aromatic rings. The normalized spacial score (nSPS) is 15.3. The number of sulfonamides is 1. The number of nitro groups is 1. The third-order valence-corrected chi connectivity index (χ3v) is 7.05. The Hall–Kier alpha value is -3.29. The van der Waals surface area contributed by atoms with Crippen molar-refractivity contribution in [1.29, 1.82) is 5.26 Å². The summed E-state index contributed by atoms with van der Waals surface area (Å²) in [6.45, 7) is 2.12. The van der Waals surface area contributed by atoms with Gasteiger partial charge in [0.15, 0.2) is 0 Å². The van der Waals surface area contributed by atoms with Gasteiger partial charge in [0.2, 0.25) is 15.9 Å². The number of rotatable bonds is 5. The predicted molar refractivity (Wildman–Crippen MR) is 109 cm³/mol. The first-order chi connectivity index (χ1) is 14.2. The quantitative estimate of drug-likeness (QED) is 0.575. The number of non-ortho nitro benzene ring substituents is 1. The van der Waals surface area contributed by atoms with Crippen molar-refractivity contribution in [2.45, 2.75) is 24.7 Å². The Kier molecular flexibility index (Phi) is 6.14. The van der Waals surface area contributed by atoms with Crippen LogP contribution in [-0.2, 0) is 14.8 Å². The van der Waals surface area contributed by atoms with Crippen LogP contribution >= 0.6 is 0 Å². The fraction of sp³-hybridized carbons (Fsp3) is 0.300. The van der Waals surface area contributed by atoms with Crippen molar-refractivity contribution in [3.8, 4) is 6.07 Å². The van der Waals surface area contributed by atoms with E-state index >= 15 is 0 Å². The van der Waals surface area contributed by atoms with E-state index in [1.54, 1.807) is 13.0 Å². The van der Waals surface area contributed by atoms with E-state index in [1.807, 2.05) is 6.07 Å². The van der Waals surface area contributed by atoms with Crippen LogP contribution in [0.25, 0.3) is 0 Å². The predicted octanol–water partition coefficient (Wildman–Crippen LogP) is 2.81. The molecule has 0 unspecified atom stereocenters. The molecule has 0 saturated carbocycles. The number of nitriles is 1. The van der Waals surface area contributed by atoms with Gasteiger partial charge in [-0.05, 0) is 49.6 Å². The lowest BCUT2D eigenvalue weighted by molar-refractivity contribution is -0.384. The number of carbonyl (C=O) groups is 1. The van der Waals surface area contributed by atoms with Crippen LogP contribution in [0.4, 0.5) is 11.4 Å². The third kappa shape index (κ3) is 4.48. The highest BCUT2D eigenvalue weighted by Crippen LogP contribution is 2.27. The van der Waals surface area contributed by atoms with Gasteiger partial charge in [0.25, 0.3) is 5.69 Å². The van der Waals surface area contributed by atoms with Crippen molar-refractivity contribution in [2.24, 2.45) is 5.92 Å². The smallest absolute Gasteiger partial charge is 0.271 e. The van der Waals surface area contributed by atoms with E-state index in [1.165, 1.54) is 40.7 Å². The van der Waals surface area contributed by atoms with Gasteiger partial charge >= 0.3 is 0 Å². The molecule has 1 saturated heterocycles. The number of benzene rings is 2. The Morgan fingerprint density at radius 3 is 2.40 bits per heavy atom. The van der Waals surface area contributed by atoms with Crippen molar-refractivity contribution in [3.05, 3.63) is 63.7 Å². The van der Waals surface area contributed by atoms with Crippen LogP contribution in [-0.4, -0.2) is 36.6 Å². The molecule has 1 aliphatic rings. The Labute approximate surface area is 174 Å². The molecular formula is C20H20N4O5S. The molecule has 0 radical (unpaired) electrons. The van der Waals surface area contributed by atoms with Crippen LogP contribution in [0, 0.1) is 34.3 Å². The number of carbonyl (C=O) groups excluding carboxylic acids is 1. The van der Waals surface area contributed by atoms with Crippen LogP contribution in [0.15, 0.2) is 47.4 Å². The minimum Gasteiger partial charge on any atom is -0.325 e. The van der Waals surface area contributed by atoms with Crippen LogP contribution < -0.4 is 5.32 Å². The number of nitrogens with zero attached hydrogens (tertiary/aromatic N) is 3. The van der Waals surface area contributed by atoms with Gasteiger partial charge in [-0.2, -0.15) is 9.57 Å². The standard InChI is InChI=1S/C20H20N4O5S/c1-14-2-5-17(24(26)27)12-19(14)22-20(25)16-8-10-23(11-9-16)30(28,29)18-6-3-15(13-21)4-7-18/h2-7,12,16H,8-11H2,1H3,(H,22,25). The van der Waals surface area contributed by atoms with Crippen molar-refractivity contribution >= 4 is 27.3 Å². The SMILES string of the molecule is Cc1ccc([N+](=O)[O-])cc1NC(=O)C1CCN(S(=O)(=O)c2ccc(C#N)cc2)CC1. The minimum atomic E-state index is -3.70. The molecule has 1 fully saturated rings. The molecular weight excluding hydrogens is 408 g/mol. The molecule has 1 amide bonds. The second kappa shape index (κ2) is 8.61. The maximum absolute atomic E-state index is 12.8. The topological polar surface area (TPSA) is 133 Å². The Bertz CT molecular complexity index is 1110. The molecule has 0 aromatic heterocycles. The Morgan fingerprint density at radius 2 is 1.83 bits per heavy atom. The van der Waals surface area contributed by atoms with Crippen LogP contribution in [0.3, 0.4) is 0 Å². The van der Waals surface area contributed by atoms with Gasteiger partial charge in [0.05, 0.1) is 27.1 Å². The summed E-state index contributed by atoms with van der Waals surface area (Å²) < 4.78 is 26.9. The second-order valence-corrected chi connectivity index (χ2v) is 9.00. The van der Waals surface area contributed by atoms with Gasteiger partial charge in [-0.25, -0.2) is 8.42 Å². The number of amides is 1. The molecule has 1 aliphatic heterocycles. The molecule has 0 spiro atoms. The highest BCUT2D eigenvalue weighted by Gasteiger charge is 2.32. The van der Waals surface area contributed by atoms with Crippen LogP contribution in [0.5, 0.6) is 0 Å². The summed E-state index contributed by atoms with van der Waals surface area (Å²) in [4.78, 5) is 23.1.